The fourth-order valence-electron chi connectivity index (χ4n) is 3.24. The highest BCUT2D eigenvalue weighted by Gasteiger charge is 2.27. The van der Waals surface area contributed by atoms with Crippen LogP contribution < -0.4 is 16.4 Å². The maximum absolute atomic E-state index is 12.8. The molecule has 1 aromatic rings. The highest BCUT2D eigenvalue weighted by atomic mass is 16.2. The average Bonchev–Trinajstić information content (AvgIpc) is 2.60. The van der Waals surface area contributed by atoms with Crippen molar-refractivity contribution in [1.29, 1.82) is 0 Å². The van der Waals surface area contributed by atoms with Gasteiger partial charge >= 0.3 is 0 Å². The van der Waals surface area contributed by atoms with E-state index < -0.39 is 12.1 Å². The fourth-order valence-corrected chi connectivity index (χ4v) is 3.24. The molecular weight excluding hydrogens is 376 g/mol. The van der Waals surface area contributed by atoms with Gasteiger partial charge in [-0.25, -0.2) is 0 Å². The van der Waals surface area contributed by atoms with E-state index in [9.17, 15) is 9.59 Å². The second-order valence-electron chi connectivity index (χ2n) is 9.96. The minimum atomic E-state index is -0.658. The highest BCUT2D eigenvalue weighted by Crippen LogP contribution is 2.11. The van der Waals surface area contributed by atoms with Gasteiger partial charge in [0.1, 0.15) is 6.04 Å². The van der Waals surface area contributed by atoms with Crippen LogP contribution in [0.3, 0.4) is 0 Å². The topological polar surface area (TPSA) is 87.5 Å². The lowest BCUT2D eigenvalue weighted by atomic mass is 9.99. The summed E-state index contributed by atoms with van der Waals surface area (Å²) in [5.74, 6) is -0.159. The molecular formula is C24H42N4O2. The maximum Gasteiger partial charge on any atom is 0.243 e. The normalized spacial score (nSPS) is 13.9. The Kier molecular flexibility index (Phi) is 10.5. The van der Waals surface area contributed by atoms with Crippen molar-refractivity contribution in [1.82, 2.24) is 15.5 Å². The minimum absolute atomic E-state index is 0.192. The van der Waals surface area contributed by atoms with Gasteiger partial charge in [-0.15, -0.1) is 0 Å². The molecule has 6 nitrogen and oxygen atoms in total. The van der Waals surface area contributed by atoms with E-state index in [4.69, 9.17) is 5.73 Å². The summed E-state index contributed by atoms with van der Waals surface area (Å²) in [5.41, 5.74) is 7.94. The SMILES string of the molecule is CC(C)CC(N)C(=O)NC(Cc1ccc(CCCN(C)C)cc1)C(=O)NC(C)(C)C. The molecule has 2 unspecified atom stereocenters. The first-order chi connectivity index (χ1) is 13.9. The second kappa shape index (κ2) is 12.1. The number of hydrogen-bond acceptors (Lipinski definition) is 4. The molecule has 0 fully saturated rings. The van der Waals surface area contributed by atoms with Crippen LogP contribution in [0.4, 0.5) is 0 Å². The number of carbonyl (C=O) groups is 2. The Morgan fingerprint density at radius 3 is 2.10 bits per heavy atom. The van der Waals surface area contributed by atoms with E-state index in [1.165, 1.54) is 5.56 Å². The van der Waals surface area contributed by atoms with Crippen LogP contribution in [0.15, 0.2) is 24.3 Å². The third-order valence-corrected chi connectivity index (χ3v) is 4.73. The van der Waals surface area contributed by atoms with E-state index >= 15 is 0 Å². The second-order valence-corrected chi connectivity index (χ2v) is 9.96. The molecule has 4 N–H and O–H groups in total. The molecule has 0 saturated carbocycles. The van der Waals surface area contributed by atoms with Crippen LogP contribution in [0.25, 0.3) is 0 Å². The molecule has 6 heteroatoms. The van der Waals surface area contributed by atoms with E-state index in [0.29, 0.717) is 18.8 Å². The number of nitrogens with one attached hydrogen (secondary N) is 2. The van der Waals surface area contributed by atoms with Crippen molar-refractivity contribution in [2.45, 2.75) is 77.9 Å². The van der Waals surface area contributed by atoms with Crippen molar-refractivity contribution in [3.63, 3.8) is 0 Å². The van der Waals surface area contributed by atoms with E-state index in [1.54, 1.807) is 0 Å². The number of nitrogens with two attached hydrogens (primary N) is 1. The zero-order chi connectivity index (χ0) is 22.9. The molecule has 0 bridgehead atoms. The van der Waals surface area contributed by atoms with Gasteiger partial charge in [0.25, 0.3) is 0 Å². The number of benzene rings is 1. The third kappa shape index (κ3) is 10.7. The molecule has 0 heterocycles. The van der Waals surface area contributed by atoms with Crippen molar-refractivity contribution in [2.24, 2.45) is 11.7 Å². The van der Waals surface area contributed by atoms with Crippen molar-refractivity contribution in [3.05, 3.63) is 35.4 Å². The highest BCUT2D eigenvalue weighted by molar-refractivity contribution is 5.90. The molecule has 1 rings (SSSR count). The minimum Gasteiger partial charge on any atom is -0.350 e. The van der Waals surface area contributed by atoms with Crippen LogP contribution in [-0.4, -0.2) is 55.0 Å². The van der Waals surface area contributed by atoms with Crippen LogP contribution >= 0.6 is 0 Å². The van der Waals surface area contributed by atoms with Crippen molar-refractivity contribution >= 4 is 11.8 Å². The molecule has 0 aromatic heterocycles. The molecule has 0 aliphatic rings. The predicted molar refractivity (Wildman–Crippen MR) is 124 cm³/mol. The summed E-state index contributed by atoms with van der Waals surface area (Å²) in [5, 5.41) is 5.85. The lowest BCUT2D eigenvalue weighted by Gasteiger charge is -2.26. The Labute approximate surface area is 183 Å². The van der Waals surface area contributed by atoms with Crippen LogP contribution in [0.2, 0.25) is 0 Å². The van der Waals surface area contributed by atoms with Gasteiger partial charge in [-0.2, -0.15) is 0 Å². The molecule has 1 aromatic carbocycles. The summed E-state index contributed by atoms with van der Waals surface area (Å²) in [6, 6.07) is 7.03. The van der Waals surface area contributed by atoms with Gasteiger partial charge in [0, 0.05) is 12.0 Å². The molecule has 30 heavy (non-hydrogen) atoms. The van der Waals surface area contributed by atoms with Gasteiger partial charge in [0.05, 0.1) is 6.04 Å². The summed E-state index contributed by atoms with van der Waals surface area (Å²) in [6.07, 6.45) is 3.14. The van der Waals surface area contributed by atoms with Crippen LogP contribution in [0.1, 0.15) is 58.6 Å². The molecule has 170 valence electrons. The Bertz CT molecular complexity index is 663. The average molecular weight is 419 g/mol. The van der Waals surface area contributed by atoms with Gasteiger partial charge in [0.15, 0.2) is 0 Å². The molecule has 0 spiro atoms. The first kappa shape index (κ1) is 26.1. The van der Waals surface area contributed by atoms with Crippen LogP contribution in [0, 0.1) is 5.92 Å². The predicted octanol–water partition coefficient (Wildman–Crippen LogP) is 2.50. The largest absolute Gasteiger partial charge is 0.350 e. The smallest absolute Gasteiger partial charge is 0.243 e. The Balaban J connectivity index is 2.84. The number of rotatable bonds is 11. The molecule has 0 aliphatic carbocycles. The van der Waals surface area contributed by atoms with Gasteiger partial charge in [-0.05, 0) is 77.7 Å². The van der Waals surface area contributed by atoms with Gasteiger partial charge in [-0.1, -0.05) is 38.1 Å². The standard InChI is InChI=1S/C24H42N4O2/c1-17(2)15-20(25)22(29)26-21(23(30)27-24(3,4)5)16-19-12-10-18(11-13-19)9-8-14-28(6)7/h10-13,17,20-21H,8-9,14-16,25H2,1-7H3,(H,26,29)(H,27,30). The number of hydrogen-bond donors (Lipinski definition) is 3. The van der Waals surface area contributed by atoms with Crippen molar-refractivity contribution in [3.8, 4) is 0 Å². The number of amides is 2. The summed E-state index contributed by atoms with van der Waals surface area (Å²) in [6.45, 7) is 10.9. The zero-order valence-corrected chi connectivity index (χ0v) is 19.9. The third-order valence-electron chi connectivity index (χ3n) is 4.73. The monoisotopic (exact) mass is 418 g/mol. The summed E-state index contributed by atoms with van der Waals surface area (Å²) < 4.78 is 0. The number of carbonyl (C=O) groups excluding carboxylic acids is 2. The van der Waals surface area contributed by atoms with Crippen molar-refractivity contribution in [2.75, 3.05) is 20.6 Å². The Morgan fingerprint density at radius 1 is 1.03 bits per heavy atom. The first-order valence-electron chi connectivity index (χ1n) is 11.0. The number of aryl methyl sites for hydroxylation is 1. The van der Waals surface area contributed by atoms with E-state index in [-0.39, 0.29) is 17.4 Å². The first-order valence-corrected chi connectivity index (χ1v) is 11.0. The quantitative estimate of drug-likeness (QED) is 0.515. The molecule has 0 saturated heterocycles. The van der Waals surface area contributed by atoms with Crippen LogP contribution in [0.5, 0.6) is 0 Å². The van der Waals surface area contributed by atoms with E-state index in [1.807, 2.05) is 46.8 Å². The lowest BCUT2D eigenvalue weighted by molar-refractivity contribution is -0.130. The van der Waals surface area contributed by atoms with Crippen molar-refractivity contribution < 1.29 is 9.59 Å². The summed E-state index contributed by atoms with van der Waals surface area (Å²) >= 11 is 0. The van der Waals surface area contributed by atoms with Crippen LogP contribution in [-0.2, 0) is 22.4 Å². The summed E-state index contributed by atoms with van der Waals surface area (Å²) in [7, 11) is 4.15. The lowest BCUT2D eigenvalue weighted by Crippen LogP contribution is -2.55. The maximum atomic E-state index is 12.8. The van der Waals surface area contributed by atoms with E-state index in [0.717, 1.165) is 24.9 Å². The molecule has 0 radical (unpaired) electrons. The molecule has 2 amide bonds. The zero-order valence-electron chi connectivity index (χ0n) is 19.9. The Morgan fingerprint density at radius 2 is 1.60 bits per heavy atom. The molecule has 2 atom stereocenters. The van der Waals surface area contributed by atoms with Gasteiger partial charge < -0.3 is 21.3 Å². The van der Waals surface area contributed by atoms with Gasteiger partial charge in [-0.3, -0.25) is 9.59 Å². The molecule has 0 aliphatic heterocycles. The number of nitrogens with zero attached hydrogens (tertiary/aromatic N) is 1. The fraction of sp³-hybridized carbons (Fsp3) is 0.667. The Hall–Kier alpha value is -1.92. The van der Waals surface area contributed by atoms with E-state index in [2.05, 4.69) is 41.8 Å². The van der Waals surface area contributed by atoms with Gasteiger partial charge in [0.2, 0.25) is 11.8 Å². The summed E-state index contributed by atoms with van der Waals surface area (Å²) in [4.78, 5) is 27.6.